The Morgan fingerprint density at radius 1 is 0.968 bits per heavy atom. The van der Waals surface area contributed by atoms with Crippen molar-refractivity contribution in [2.75, 3.05) is 13.2 Å². The van der Waals surface area contributed by atoms with Crippen molar-refractivity contribution in [2.45, 2.75) is 20.3 Å². The van der Waals surface area contributed by atoms with Crippen molar-refractivity contribution in [3.8, 4) is 11.5 Å². The molecular weight excluding hydrogens is 412 g/mol. The second-order valence-electron chi connectivity index (χ2n) is 7.07. The van der Waals surface area contributed by atoms with Crippen LogP contribution in [0.4, 0.5) is 0 Å². The predicted octanol–water partition coefficient (Wildman–Crippen LogP) is 5.57. The van der Waals surface area contributed by atoms with Gasteiger partial charge in [0, 0.05) is 22.6 Å². The fourth-order valence-corrected chi connectivity index (χ4v) is 3.15. The molecule has 0 radical (unpaired) electrons. The summed E-state index contributed by atoms with van der Waals surface area (Å²) in [6.07, 6.45) is 2.30. The molecule has 0 atom stereocenters. The number of ether oxygens (including phenoxy) is 2. The van der Waals surface area contributed by atoms with Gasteiger partial charge in [-0.3, -0.25) is 4.79 Å². The van der Waals surface area contributed by atoms with E-state index in [9.17, 15) is 4.79 Å². The first-order chi connectivity index (χ1) is 15.0. The average Bonchev–Trinajstić information content (AvgIpc) is 2.75. The van der Waals surface area contributed by atoms with Gasteiger partial charge >= 0.3 is 0 Å². The van der Waals surface area contributed by atoms with Crippen LogP contribution in [-0.2, 0) is 0 Å². The van der Waals surface area contributed by atoms with Gasteiger partial charge in [-0.1, -0.05) is 47.5 Å². The van der Waals surface area contributed by atoms with Gasteiger partial charge in [-0.25, -0.2) is 5.43 Å². The number of benzene rings is 3. The number of carbonyl (C=O) groups is 1. The zero-order chi connectivity index (χ0) is 22.1. The maximum Gasteiger partial charge on any atom is 0.271 e. The largest absolute Gasteiger partial charge is 0.493 e. The van der Waals surface area contributed by atoms with Gasteiger partial charge in [0.15, 0.2) is 0 Å². The Bertz CT molecular complexity index is 1070. The van der Waals surface area contributed by atoms with E-state index in [2.05, 4.69) is 23.5 Å². The maximum atomic E-state index is 12.1. The van der Waals surface area contributed by atoms with Crippen LogP contribution in [0, 0.1) is 13.8 Å². The van der Waals surface area contributed by atoms with E-state index < -0.39 is 0 Å². The number of amides is 1. The molecule has 0 saturated heterocycles. The minimum absolute atomic E-state index is 0.333. The summed E-state index contributed by atoms with van der Waals surface area (Å²) >= 11 is 5.92. The highest BCUT2D eigenvalue weighted by molar-refractivity contribution is 6.30. The number of nitrogens with zero attached hydrogens (tertiary/aromatic N) is 1. The number of hydrogen-bond acceptors (Lipinski definition) is 4. The van der Waals surface area contributed by atoms with Crippen LogP contribution in [0.3, 0.4) is 0 Å². The zero-order valence-corrected chi connectivity index (χ0v) is 18.4. The van der Waals surface area contributed by atoms with Crippen LogP contribution in [0.1, 0.15) is 33.5 Å². The van der Waals surface area contributed by atoms with E-state index in [1.54, 1.807) is 30.5 Å². The van der Waals surface area contributed by atoms with E-state index in [0.29, 0.717) is 29.5 Å². The van der Waals surface area contributed by atoms with Gasteiger partial charge in [0.25, 0.3) is 5.91 Å². The molecule has 160 valence electrons. The summed E-state index contributed by atoms with van der Waals surface area (Å²) in [5, 5.41) is 4.53. The second-order valence-corrected chi connectivity index (χ2v) is 7.50. The lowest BCUT2D eigenvalue weighted by molar-refractivity contribution is 0.0955. The van der Waals surface area contributed by atoms with Gasteiger partial charge in [-0.05, 0) is 55.8 Å². The molecule has 0 spiro atoms. The monoisotopic (exact) mass is 436 g/mol. The minimum atomic E-state index is -0.333. The van der Waals surface area contributed by atoms with Crippen molar-refractivity contribution in [3.63, 3.8) is 0 Å². The highest BCUT2D eigenvalue weighted by Gasteiger charge is 2.05. The average molecular weight is 437 g/mol. The molecule has 3 rings (SSSR count). The summed E-state index contributed by atoms with van der Waals surface area (Å²) in [6, 6.07) is 20.3. The summed E-state index contributed by atoms with van der Waals surface area (Å²) < 4.78 is 11.7. The Morgan fingerprint density at radius 2 is 1.74 bits per heavy atom. The molecule has 0 heterocycles. The normalized spacial score (nSPS) is 10.8. The van der Waals surface area contributed by atoms with Gasteiger partial charge in [0.2, 0.25) is 0 Å². The molecule has 1 N–H and O–H groups in total. The van der Waals surface area contributed by atoms with E-state index in [-0.39, 0.29) is 5.91 Å². The molecule has 0 aliphatic rings. The SMILES string of the molecule is Cc1ccc(OCCCOc2ccccc2/C=N/NC(=O)c2cccc(Cl)c2)c(C)c1. The van der Waals surface area contributed by atoms with Crippen molar-refractivity contribution in [3.05, 3.63) is 94.0 Å². The summed E-state index contributed by atoms with van der Waals surface area (Å²) in [6.45, 7) is 5.17. The quantitative estimate of drug-likeness (QED) is 0.271. The molecule has 0 saturated carbocycles. The number of nitrogens with one attached hydrogen (secondary N) is 1. The number of halogens is 1. The fourth-order valence-electron chi connectivity index (χ4n) is 2.96. The van der Waals surface area contributed by atoms with Crippen molar-refractivity contribution in [1.82, 2.24) is 5.43 Å². The standard InChI is InChI=1S/C25H25ClN2O3/c1-18-11-12-23(19(2)15-18)30-13-6-14-31-24-10-4-3-7-21(24)17-27-28-25(29)20-8-5-9-22(26)16-20/h3-5,7-12,15-17H,6,13-14H2,1-2H3,(H,28,29)/b27-17+. The summed E-state index contributed by atoms with van der Waals surface area (Å²) in [7, 11) is 0. The number of carbonyl (C=O) groups excluding carboxylic acids is 1. The van der Waals surface area contributed by atoms with Crippen molar-refractivity contribution < 1.29 is 14.3 Å². The van der Waals surface area contributed by atoms with Crippen LogP contribution in [0.5, 0.6) is 11.5 Å². The molecule has 6 heteroatoms. The number of hydrogen-bond donors (Lipinski definition) is 1. The molecule has 0 fully saturated rings. The highest BCUT2D eigenvalue weighted by atomic mass is 35.5. The third-order valence-electron chi connectivity index (χ3n) is 4.51. The third kappa shape index (κ3) is 6.86. The van der Waals surface area contributed by atoms with E-state index >= 15 is 0 Å². The lowest BCUT2D eigenvalue weighted by Crippen LogP contribution is -2.17. The van der Waals surface area contributed by atoms with Gasteiger partial charge in [-0.2, -0.15) is 5.10 Å². The molecular formula is C25H25ClN2O3. The molecule has 31 heavy (non-hydrogen) atoms. The van der Waals surface area contributed by atoms with E-state index in [4.69, 9.17) is 21.1 Å². The lowest BCUT2D eigenvalue weighted by atomic mass is 10.1. The smallest absolute Gasteiger partial charge is 0.271 e. The molecule has 3 aromatic rings. The highest BCUT2D eigenvalue weighted by Crippen LogP contribution is 2.19. The van der Waals surface area contributed by atoms with E-state index in [1.807, 2.05) is 43.3 Å². The summed E-state index contributed by atoms with van der Waals surface area (Å²) in [4.78, 5) is 12.1. The first kappa shape index (κ1) is 22.4. The predicted molar refractivity (Wildman–Crippen MR) is 124 cm³/mol. The van der Waals surface area contributed by atoms with Gasteiger partial charge in [0.05, 0.1) is 19.4 Å². The Kier molecular flexibility index (Phi) is 8.07. The van der Waals surface area contributed by atoms with Crippen LogP contribution >= 0.6 is 11.6 Å². The first-order valence-corrected chi connectivity index (χ1v) is 10.4. The van der Waals surface area contributed by atoms with E-state index in [1.165, 1.54) is 5.56 Å². The molecule has 1 amide bonds. The van der Waals surface area contributed by atoms with Crippen LogP contribution in [-0.4, -0.2) is 25.3 Å². The third-order valence-corrected chi connectivity index (χ3v) is 4.74. The Labute approximate surface area is 187 Å². The second kappa shape index (κ2) is 11.2. The molecule has 0 aromatic heterocycles. The van der Waals surface area contributed by atoms with Crippen LogP contribution in [0.15, 0.2) is 71.8 Å². The summed E-state index contributed by atoms with van der Waals surface area (Å²) in [5.41, 5.74) is 6.06. The van der Waals surface area contributed by atoms with Crippen molar-refractivity contribution in [1.29, 1.82) is 0 Å². The van der Waals surface area contributed by atoms with Crippen LogP contribution in [0.25, 0.3) is 0 Å². The Hall–Kier alpha value is -3.31. The van der Waals surface area contributed by atoms with E-state index in [0.717, 1.165) is 23.3 Å². The summed E-state index contributed by atoms with van der Waals surface area (Å²) in [5.74, 6) is 1.25. The van der Waals surface area contributed by atoms with Crippen LogP contribution in [0.2, 0.25) is 5.02 Å². The topological polar surface area (TPSA) is 59.9 Å². The number of rotatable bonds is 9. The van der Waals surface area contributed by atoms with Gasteiger partial charge < -0.3 is 9.47 Å². The van der Waals surface area contributed by atoms with Gasteiger partial charge in [-0.15, -0.1) is 0 Å². The van der Waals surface area contributed by atoms with Crippen molar-refractivity contribution >= 4 is 23.7 Å². The minimum Gasteiger partial charge on any atom is -0.493 e. The number of para-hydroxylation sites is 1. The Morgan fingerprint density at radius 3 is 2.52 bits per heavy atom. The number of hydrazone groups is 1. The number of aryl methyl sites for hydroxylation is 2. The van der Waals surface area contributed by atoms with Crippen molar-refractivity contribution in [2.24, 2.45) is 5.10 Å². The Balaban J connectivity index is 1.48. The maximum absolute atomic E-state index is 12.1. The molecule has 0 aliphatic carbocycles. The fraction of sp³-hybridized carbons (Fsp3) is 0.200. The molecule has 0 aliphatic heterocycles. The zero-order valence-electron chi connectivity index (χ0n) is 17.6. The molecule has 5 nitrogen and oxygen atoms in total. The molecule has 0 unspecified atom stereocenters. The van der Waals surface area contributed by atoms with Crippen LogP contribution < -0.4 is 14.9 Å². The lowest BCUT2D eigenvalue weighted by Gasteiger charge is -2.11. The van der Waals surface area contributed by atoms with Gasteiger partial charge in [0.1, 0.15) is 11.5 Å². The first-order valence-electron chi connectivity index (χ1n) is 10.0. The molecule has 3 aromatic carbocycles. The molecule has 0 bridgehead atoms.